The van der Waals surface area contributed by atoms with E-state index in [-0.39, 0.29) is 17.0 Å². The van der Waals surface area contributed by atoms with Crippen molar-refractivity contribution in [2.45, 2.75) is 6.92 Å². The molecular weight excluding hydrogens is 228 g/mol. The molecular formula is C10H12N2O5. The van der Waals surface area contributed by atoms with Gasteiger partial charge in [-0.2, -0.15) is 0 Å². The molecule has 0 aliphatic carbocycles. The van der Waals surface area contributed by atoms with Gasteiger partial charge in [0.2, 0.25) is 0 Å². The van der Waals surface area contributed by atoms with Crippen molar-refractivity contribution >= 4 is 11.6 Å². The normalized spacial score (nSPS) is 9.76. The Labute approximate surface area is 97.4 Å². The number of amides is 1. The molecule has 1 aromatic carbocycles. The first kappa shape index (κ1) is 12.9. The van der Waals surface area contributed by atoms with Crippen LogP contribution in [0.15, 0.2) is 18.2 Å². The quantitative estimate of drug-likeness (QED) is 0.618. The molecule has 0 atom stereocenters. The zero-order valence-electron chi connectivity index (χ0n) is 9.43. The standard InChI is InChI=1S/C10H12N2O5/c1-3-17-8-6-4-5-7(12(14)15)9(8)10(13)11-16-2/h4-6H,3H2,1-2H3,(H,11,13). The van der Waals surface area contributed by atoms with Crippen LogP contribution >= 0.6 is 0 Å². The Bertz CT molecular complexity index is 433. The summed E-state index contributed by atoms with van der Waals surface area (Å²) < 4.78 is 5.17. The number of nitrogens with one attached hydrogen (secondary N) is 1. The Morgan fingerprint density at radius 1 is 1.53 bits per heavy atom. The number of ether oxygens (including phenoxy) is 1. The smallest absolute Gasteiger partial charge is 0.286 e. The average molecular weight is 240 g/mol. The number of carbonyl (C=O) groups is 1. The highest BCUT2D eigenvalue weighted by Gasteiger charge is 2.24. The van der Waals surface area contributed by atoms with E-state index in [2.05, 4.69) is 4.84 Å². The number of carbonyl (C=O) groups excluding carboxylic acids is 1. The molecule has 0 saturated carbocycles. The first-order valence-electron chi connectivity index (χ1n) is 4.85. The summed E-state index contributed by atoms with van der Waals surface area (Å²) in [6.07, 6.45) is 0. The second-order valence-corrected chi connectivity index (χ2v) is 2.98. The molecule has 1 rings (SSSR count). The van der Waals surface area contributed by atoms with Crippen molar-refractivity contribution in [2.75, 3.05) is 13.7 Å². The predicted octanol–water partition coefficient (Wildman–Crippen LogP) is 1.28. The molecule has 0 saturated heterocycles. The molecule has 1 amide bonds. The van der Waals surface area contributed by atoms with Gasteiger partial charge in [-0.15, -0.1) is 0 Å². The topological polar surface area (TPSA) is 90.7 Å². The number of hydroxylamine groups is 1. The van der Waals surface area contributed by atoms with Crippen LogP contribution in [0.1, 0.15) is 17.3 Å². The van der Waals surface area contributed by atoms with Crippen LogP contribution < -0.4 is 10.2 Å². The monoisotopic (exact) mass is 240 g/mol. The SMILES string of the molecule is CCOc1cccc([N+](=O)[O-])c1C(=O)NOC. The number of hydrogen-bond donors (Lipinski definition) is 1. The van der Waals surface area contributed by atoms with Crippen molar-refractivity contribution in [1.82, 2.24) is 5.48 Å². The van der Waals surface area contributed by atoms with E-state index in [0.717, 1.165) is 0 Å². The van der Waals surface area contributed by atoms with Crippen LogP contribution in [-0.2, 0) is 4.84 Å². The maximum atomic E-state index is 11.6. The van der Waals surface area contributed by atoms with Gasteiger partial charge in [-0.3, -0.25) is 19.7 Å². The molecule has 1 N–H and O–H groups in total. The fraction of sp³-hybridized carbons (Fsp3) is 0.300. The molecule has 0 aliphatic rings. The summed E-state index contributed by atoms with van der Waals surface area (Å²) in [7, 11) is 1.24. The van der Waals surface area contributed by atoms with Crippen molar-refractivity contribution in [3.8, 4) is 5.75 Å². The molecule has 0 fully saturated rings. The lowest BCUT2D eigenvalue weighted by Gasteiger charge is -2.09. The van der Waals surface area contributed by atoms with E-state index in [0.29, 0.717) is 6.61 Å². The van der Waals surface area contributed by atoms with Gasteiger partial charge in [-0.25, -0.2) is 5.48 Å². The van der Waals surface area contributed by atoms with E-state index >= 15 is 0 Å². The minimum Gasteiger partial charge on any atom is -0.493 e. The third-order valence-corrected chi connectivity index (χ3v) is 1.92. The van der Waals surface area contributed by atoms with Gasteiger partial charge in [0, 0.05) is 6.07 Å². The third-order valence-electron chi connectivity index (χ3n) is 1.92. The minimum atomic E-state index is -0.719. The van der Waals surface area contributed by atoms with E-state index < -0.39 is 10.8 Å². The number of nitro benzene ring substituents is 1. The van der Waals surface area contributed by atoms with Gasteiger partial charge in [-0.1, -0.05) is 6.07 Å². The van der Waals surface area contributed by atoms with E-state index in [1.54, 1.807) is 6.92 Å². The van der Waals surface area contributed by atoms with Crippen LogP contribution in [-0.4, -0.2) is 24.5 Å². The van der Waals surface area contributed by atoms with Gasteiger partial charge in [0.25, 0.3) is 11.6 Å². The van der Waals surface area contributed by atoms with E-state index in [1.165, 1.54) is 25.3 Å². The van der Waals surface area contributed by atoms with Crippen molar-refractivity contribution in [2.24, 2.45) is 0 Å². The molecule has 0 heterocycles. The Morgan fingerprint density at radius 3 is 2.76 bits per heavy atom. The van der Waals surface area contributed by atoms with Crippen molar-refractivity contribution in [3.05, 3.63) is 33.9 Å². The number of nitrogens with zero attached hydrogens (tertiary/aromatic N) is 1. The molecule has 0 bridgehead atoms. The van der Waals surface area contributed by atoms with Gasteiger partial charge < -0.3 is 4.74 Å². The Morgan fingerprint density at radius 2 is 2.24 bits per heavy atom. The lowest BCUT2D eigenvalue weighted by atomic mass is 10.1. The van der Waals surface area contributed by atoms with E-state index in [4.69, 9.17) is 4.74 Å². The van der Waals surface area contributed by atoms with Crippen molar-refractivity contribution < 1.29 is 19.3 Å². The first-order chi connectivity index (χ1) is 8.11. The molecule has 0 spiro atoms. The number of hydrogen-bond acceptors (Lipinski definition) is 5. The number of nitro groups is 1. The van der Waals surface area contributed by atoms with Gasteiger partial charge >= 0.3 is 0 Å². The maximum absolute atomic E-state index is 11.6. The zero-order chi connectivity index (χ0) is 12.8. The number of benzene rings is 1. The third kappa shape index (κ3) is 2.91. The molecule has 92 valence electrons. The van der Waals surface area contributed by atoms with Crippen LogP contribution in [0, 0.1) is 10.1 Å². The predicted molar refractivity (Wildman–Crippen MR) is 58.7 cm³/mol. The second kappa shape index (κ2) is 5.80. The number of rotatable bonds is 5. The summed E-state index contributed by atoms with van der Waals surface area (Å²) in [5.74, 6) is -0.570. The van der Waals surface area contributed by atoms with Gasteiger partial charge in [0.05, 0.1) is 18.6 Å². The highest BCUT2D eigenvalue weighted by atomic mass is 16.6. The van der Waals surface area contributed by atoms with E-state index in [1.807, 2.05) is 5.48 Å². The first-order valence-corrected chi connectivity index (χ1v) is 4.85. The molecule has 0 radical (unpaired) electrons. The Kier molecular flexibility index (Phi) is 4.41. The molecule has 17 heavy (non-hydrogen) atoms. The maximum Gasteiger partial charge on any atom is 0.286 e. The van der Waals surface area contributed by atoms with Crippen LogP contribution in [0.4, 0.5) is 5.69 Å². The molecule has 0 aromatic heterocycles. The molecule has 0 unspecified atom stereocenters. The Hall–Kier alpha value is -2.15. The molecule has 0 aliphatic heterocycles. The van der Waals surface area contributed by atoms with Crippen molar-refractivity contribution in [3.63, 3.8) is 0 Å². The lowest BCUT2D eigenvalue weighted by Crippen LogP contribution is -2.23. The average Bonchev–Trinajstić information content (AvgIpc) is 2.29. The summed E-state index contributed by atoms with van der Waals surface area (Å²) in [5, 5.41) is 10.8. The van der Waals surface area contributed by atoms with Crippen LogP contribution in [0.2, 0.25) is 0 Å². The fourth-order valence-electron chi connectivity index (χ4n) is 1.32. The summed E-state index contributed by atoms with van der Waals surface area (Å²) >= 11 is 0. The van der Waals surface area contributed by atoms with Crippen LogP contribution in [0.5, 0.6) is 5.75 Å². The zero-order valence-corrected chi connectivity index (χ0v) is 9.43. The molecule has 7 nitrogen and oxygen atoms in total. The summed E-state index contributed by atoms with van der Waals surface area (Å²) in [6, 6.07) is 4.17. The molecule has 1 aromatic rings. The van der Waals surface area contributed by atoms with E-state index in [9.17, 15) is 14.9 Å². The lowest BCUT2D eigenvalue weighted by molar-refractivity contribution is -0.385. The minimum absolute atomic E-state index is 0.149. The van der Waals surface area contributed by atoms with Crippen molar-refractivity contribution in [1.29, 1.82) is 0 Å². The largest absolute Gasteiger partial charge is 0.493 e. The summed E-state index contributed by atoms with van der Waals surface area (Å²) in [4.78, 5) is 26.3. The second-order valence-electron chi connectivity index (χ2n) is 2.98. The summed E-state index contributed by atoms with van der Waals surface area (Å²) in [6.45, 7) is 2.02. The summed E-state index contributed by atoms with van der Waals surface area (Å²) in [5.41, 5.74) is 1.55. The Balaban J connectivity index is 3.27. The highest BCUT2D eigenvalue weighted by molar-refractivity contribution is 6.00. The van der Waals surface area contributed by atoms with Gasteiger partial charge in [0.1, 0.15) is 5.75 Å². The van der Waals surface area contributed by atoms with Gasteiger partial charge in [-0.05, 0) is 13.0 Å². The van der Waals surface area contributed by atoms with Crippen LogP contribution in [0.25, 0.3) is 0 Å². The fourth-order valence-corrected chi connectivity index (χ4v) is 1.32. The molecule has 7 heteroatoms. The highest BCUT2D eigenvalue weighted by Crippen LogP contribution is 2.28. The van der Waals surface area contributed by atoms with Gasteiger partial charge in [0.15, 0.2) is 5.56 Å². The van der Waals surface area contributed by atoms with Crippen LogP contribution in [0.3, 0.4) is 0 Å².